The molecular formula is C22H25NO3S. The van der Waals surface area contributed by atoms with Gasteiger partial charge in [-0.2, -0.15) is 0 Å². The number of fused-ring (bicyclic) bond motifs is 1. The topological polar surface area (TPSA) is 38.8 Å². The van der Waals surface area contributed by atoms with Gasteiger partial charge in [0.05, 0.1) is 19.8 Å². The van der Waals surface area contributed by atoms with Gasteiger partial charge in [0.25, 0.3) is 5.91 Å². The van der Waals surface area contributed by atoms with Crippen LogP contribution in [-0.2, 0) is 11.3 Å². The summed E-state index contributed by atoms with van der Waals surface area (Å²) in [6, 6.07) is 13.8. The summed E-state index contributed by atoms with van der Waals surface area (Å²) >= 11 is 1.54. The van der Waals surface area contributed by atoms with Crippen molar-refractivity contribution in [2.75, 3.05) is 14.2 Å². The second-order valence-corrected chi connectivity index (χ2v) is 8.33. The van der Waals surface area contributed by atoms with E-state index in [0.29, 0.717) is 17.9 Å². The van der Waals surface area contributed by atoms with Crippen molar-refractivity contribution in [3.8, 4) is 11.5 Å². The minimum absolute atomic E-state index is 0.0156. The SMILES string of the molecule is COc1cc2c(c(OC)c1)/C(=C/Sc1ccccc1)C(=O)N(C(C)(C)C)C2. The lowest BCUT2D eigenvalue weighted by Crippen LogP contribution is -2.47. The summed E-state index contributed by atoms with van der Waals surface area (Å²) in [4.78, 5) is 16.3. The van der Waals surface area contributed by atoms with E-state index in [1.54, 1.807) is 14.2 Å². The Morgan fingerprint density at radius 2 is 1.78 bits per heavy atom. The lowest BCUT2D eigenvalue weighted by Gasteiger charge is -2.40. The highest BCUT2D eigenvalue weighted by Crippen LogP contribution is 2.42. The quantitative estimate of drug-likeness (QED) is 0.551. The first-order valence-corrected chi connectivity index (χ1v) is 9.72. The van der Waals surface area contributed by atoms with Crippen LogP contribution in [0.2, 0.25) is 0 Å². The number of benzene rings is 2. The Bertz CT molecular complexity index is 869. The number of rotatable bonds is 4. The summed E-state index contributed by atoms with van der Waals surface area (Å²) in [7, 11) is 3.26. The molecule has 0 aliphatic carbocycles. The summed E-state index contributed by atoms with van der Waals surface area (Å²) < 4.78 is 11.0. The van der Waals surface area contributed by atoms with E-state index in [1.807, 2.05) is 52.8 Å². The zero-order valence-electron chi connectivity index (χ0n) is 16.4. The molecule has 0 radical (unpaired) electrons. The number of methoxy groups -OCH3 is 2. The van der Waals surface area contributed by atoms with Crippen molar-refractivity contribution < 1.29 is 14.3 Å². The fraction of sp³-hybridized carbons (Fsp3) is 0.318. The fourth-order valence-electron chi connectivity index (χ4n) is 3.13. The molecule has 5 heteroatoms. The Kier molecular flexibility index (Phi) is 5.51. The zero-order valence-corrected chi connectivity index (χ0v) is 17.2. The lowest BCUT2D eigenvalue weighted by atomic mass is 9.90. The van der Waals surface area contributed by atoms with Gasteiger partial charge in [0.2, 0.25) is 0 Å². The molecule has 0 saturated carbocycles. The first-order valence-electron chi connectivity index (χ1n) is 8.84. The minimum Gasteiger partial charge on any atom is -0.497 e. The predicted molar refractivity (Wildman–Crippen MR) is 110 cm³/mol. The van der Waals surface area contributed by atoms with Gasteiger partial charge in [-0.05, 0) is 49.9 Å². The molecule has 0 spiro atoms. The van der Waals surface area contributed by atoms with Crippen LogP contribution in [-0.4, -0.2) is 30.6 Å². The number of carbonyl (C=O) groups is 1. The van der Waals surface area contributed by atoms with Crippen molar-refractivity contribution in [2.45, 2.75) is 37.8 Å². The van der Waals surface area contributed by atoms with Gasteiger partial charge in [-0.1, -0.05) is 30.0 Å². The molecule has 0 fully saturated rings. The van der Waals surface area contributed by atoms with E-state index in [-0.39, 0.29) is 11.4 Å². The molecule has 2 aromatic carbocycles. The summed E-state index contributed by atoms with van der Waals surface area (Å²) in [5, 5.41) is 1.93. The normalized spacial score (nSPS) is 15.7. The number of ether oxygens (including phenoxy) is 2. The van der Waals surface area contributed by atoms with Gasteiger partial charge in [-0.15, -0.1) is 0 Å². The third kappa shape index (κ3) is 3.98. The summed E-state index contributed by atoms with van der Waals surface area (Å²) in [6.07, 6.45) is 0. The zero-order chi connectivity index (χ0) is 19.6. The Labute approximate surface area is 165 Å². The Hall–Kier alpha value is -2.40. The molecule has 0 aromatic heterocycles. The number of hydrogen-bond donors (Lipinski definition) is 0. The van der Waals surface area contributed by atoms with Crippen molar-refractivity contribution in [3.63, 3.8) is 0 Å². The van der Waals surface area contributed by atoms with Crippen LogP contribution in [0.1, 0.15) is 31.9 Å². The molecule has 0 bridgehead atoms. The highest BCUT2D eigenvalue weighted by molar-refractivity contribution is 8.02. The highest BCUT2D eigenvalue weighted by atomic mass is 32.2. The van der Waals surface area contributed by atoms with Crippen LogP contribution in [0.4, 0.5) is 0 Å². The fourth-order valence-corrected chi connectivity index (χ4v) is 3.91. The van der Waals surface area contributed by atoms with Crippen molar-refractivity contribution in [3.05, 3.63) is 59.0 Å². The minimum atomic E-state index is -0.290. The molecule has 2 aromatic rings. The van der Waals surface area contributed by atoms with E-state index in [9.17, 15) is 4.79 Å². The third-order valence-corrected chi connectivity index (χ3v) is 5.45. The largest absolute Gasteiger partial charge is 0.497 e. The maximum Gasteiger partial charge on any atom is 0.255 e. The smallest absolute Gasteiger partial charge is 0.255 e. The van der Waals surface area contributed by atoms with E-state index in [1.165, 1.54) is 11.8 Å². The predicted octanol–water partition coefficient (Wildman–Crippen LogP) is 4.98. The van der Waals surface area contributed by atoms with Crippen LogP contribution >= 0.6 is 11.8 Å². The first-order chi connectivity index (χ1) is 12.8. The van der Waals surface area contributed by atoms with E-state index >= 15 is 0 Å². The summed E-state index contributed by atoms with van der Waals surface area (Å²) in [5.41, 5.74) is 2.24. The molecule has 0 atom stereocenters. The lowest BCUT2D eigenvalue weighted by molar-refractivity contribution is -0.130. The number of amides is 1. The molecule has 27 heavy (non-hydrogen) atoms. The molecule has 4 nitrogen and oxygen atoms in total. The van der Waals surface area contributed by atoms with Crippen LogP contribution in [0.25, 0.3) is 5.57 Å². The molecule has 142 valence electrons. The van der Waals surface area contributed by atoms with Crippen LogP contribution in [0.15, 0.2) is 52.8 Å². The van der Waals surface area contributed by atoms with Gasteiger partial charge < -0.3 is 14.4 Å². The number of carbonyl (C=O) groups excluding carboxylic acids is 1. The molecule has 1 aliphatic heterocycles. The van der Waals surface area contributed by atoms with Crippen LogP contribution in [0.5, 0.6) is 11.5 Å². The molecule has 1 amide bonds. The second kappa shape index (κ2) is 7.69. The Morgan fingerprint density at radius 1 is 1.07 bits per heavy atom. The number of nitrogens with zero attached hydrogens (tertiary/aromatic N) is 1. The molecule has 0 unspecified atom stereocenters. The molecular weight excluding hydrogens is 358 g/mol. The maximum absolute atomic E-state index is 13.3. The van der Waals surface area contributed by atoms with E-state index in [4.69, 9.17) is 9.47 Å². The van der Waals surface area contributed by atoms with Crippen molar-refractivity contribution in [1.82, 2.24) is 4.90 Å². The first kappa shape index (κ1) is 19.4. The van der Waals surface area contributed by atoms with Crippen molar-refractivity contribution >= 4 is 23.2 Å². The molecule has 1 heterocycles. The van der Waals surface area contributed by atoms with Crippen LogP contribution < -0.4 is 9.47 Å². The molecule has 0 saturated heterocycles. The third-order valence-electron chi connectivity index (χ3n) is 4.55. The van der Waals surface area contributed by atoms with Gasteiger partial charge in [0.1, 0.15) is 11.5 Å². The van der Waals surface area contributed by atoms with Crippen LogP contribution in [0, 0.1) is 0 Å². The number of hydrogen-bond acceptors (Lipinski definition) is 4. The van der Waals surface area contributed by atoms with Crippen molar-refractivity contribution in [2.24, 2.45) is 0 Å². The average molecular weight is 384 g/mol. The molecule has 3 rings (SSSR count). The van der Waals surface area contributed by atoms with Gasteiger partial charge in [0, 0.05) is 28.6 Å². The number of thioether (sulfide) groups is 1. The molecule has 1 aliphatic rings. The monoisotopic (exact) mass is 383 g/mol. The maximum atomic E-state index is 13.3. The molecule has 0 N–H and O–H groups in total. The van der Waals surface area contributed by atoms with E-state index < -0.39 is 0 Å². The van der Waals surface area contributed by atoms with Gasteiger partial charge in [-0.3, -0.25) is 4.79 Å². The average Bonchev–Trinajstić information content (AvgIpc) is 2.66. The Balaban J connectivity index is 2.14. The highest BCUT2D eigenvalue weighted by Gasteiger charge is 2.36. The van der Waals surface area contributed by atoms with Crippen molar-refractivity contribution in [1.29, 1.82) is 0 Å². The van der Waals surface area contributed by atoms with Gasteiger partial charge in [-0.25, -0.2) is 0 Å². The summed E-state index contributed by atoms with van der Waals surface area (Å²) in [5.74, 6) is 1.40. The van der Waals surface area contributed by atoms with E-state index in [2.05, 4.69) is 20.8 Å². The Morgan fingerprint density at radius 3 is 2.37 bits per heavy atom. The van der Waals surface area contributed by atoms with Gasteiger partial charge >= 0.3 is 0 Å². The summed E-state index contributed by atoms with van der Waals surface area (Å²) in [6.45, 7) is 6.68. The van der Waals surface area contributed by atoms with E-state index in [0.717, 1.165) is 21.8 Å². The second-order valence-electron chi connectivity index (χ2n) is 7.39. The van der Waals surface area contributed by atoms with Crippen LogP contribution in [0.3, 0.4) is 0 Å². The standard InChI is InChI=1S/C22H25NO3S/c1-22(2,3)23-13-15-11-16(25-4)12-19(26-5)20(15)18(21(23)24)14-27-17-9-7-6-8-10-17/h6-12,14H,13H2,1-5H3/b18-14-. The van der Waals surface area contributed by atoms with Gasteiger partial charge in [0.15, 0.2) is 0 Å².